The number of hydrogen-bond acceptors (Lipinski definition) is 4. The number of aromatic nitrogens is 2. The van der Waals surface area contributed by atoms with Gasteiger partial charge in [-0.2, -0.15) is 5.26 Å². The fraction of sp³-hybridized carbons (Fsp3) is 0.444. The molecule has 1 rings (SSSR count). The highest BCUT2D eigenvalue weighted by molar-refractivity contribution is 6.69. The van der Waals surface area contributed by atoms with E-state index in [0.29, 0.717) is 11.5 Å². The molecule has 0 saturated heterocycles. The van der Waals surface area contributed by atoms with E-state index in [-0.39, 0.29) is 0 Å². The molecule has 6 heteroatoms. The van der Waals surface area contributed by atoms with Crippen LogP contribution >= 0.6 is 0 Å². The van der Waals surface area contributed by atoms with Crippen molar-refractivity contribution in [3.05, 3.63) is 17.7 Å². The lowest BCUT2D eigenvalue weighted by Crippen LogP contribution is -2.22. The van der Waals surface area contributed by atoms with E-state index < -0.39 is 8.32 Å². The van der Waals surface area contributed by atoms with Gasteiger partial charge in [0.1, 0.15) is 12.3 Å². The Morgan fingerprint density at radius 2 is 2.27 bits per heavy atom. The summed E-state index contributed by atoms with van der Waals surface area (Å²) < 4.78 is 7.04. The van der Waals surface area contributed by atoms with Gasteiger partial charge in [-0.3, -0.25) is 0 Å². The molecule has 0 atom stereocenters. The zero-order valence-corrected chi connectivity index (χ0v) is 10.4. The van der Waals surface area contributed by atoms with Crippen LogP contribution in [0, 0.1) is 11.3 Å². The molecule has 5 nitrogen and oxygen atoms in total. The smallest absolute Gasteiger partial charge is 0.278 e. The van der Waals surface area contributed by atoms with Gasteiger partial charge < -0.3 is 9.09 Å². The number of hydrogen-bond donors (Lipinski definition) is 0. The van der Waals surface area contributed by atoms with E-state index in [1.54, 1.807) is 10.8 Å². The minimum atomic E-state index is -1.63. The number of oxime groups is 1. The van der Waals surface area contributed by atoms with Crippen molar-refractivity contribution in [2.45, 2.75) is 19.6 Å². The molecule has 0 amide bonds. The Morgan fingerprint density at radius 1 is 1.60 bits per heavy atom. The summed E-state index contributed by atoms with van der Waals surface area (Å²) in [5.41, 5.74) is 0.381. The lowest BCUT2D eigenvalue weighted by atomic mass is 10.5. The molecule has 0 aliphatic rings. The summed E-state index contributed by atoms with van der Waals surface area (Å²) in [7, 11) is 0.179. The Morgan fingerprint density at radius 3 is 2.73 bits per heavy atom. The second kappa shape index (κ2) is 4.27. The molecule has 0 aromatic carbocycles. The van der Waals surface area contributed by atoms with Gasteiger partial charge in [-0.25, -0.2) is 4.98 Å². The van der Waals surface area contributed by atoms with Crippen LogP contribution in [0.4, 0.5) is 0 Å². The third-order valence-electron chi connectivity index (χ3n) is 1.52. The van der Waals surface area contributed by atoms with Crippen LogP contribution < -0.4 is 0 Å². The first kappa shape index (κ1) is 11.5. The lowest BCUT2D eigenvalue weighted by Gasteiger charge is -2.11. The number of nitrogens with zero attached hydrogens (tertiary/aromatic N) is 4. The van der Waals surface area contributed by atoms with Gasteiger partial charge in [0.05, 0.1) is 0 Å². The van der Waals surface area contributed by atoms with E-state index in [1.807, 2.05) is 32.8 Å². The fourth-order valence-corrected chi connectivity index (χ4v) is 1.26. The van der Waals surface area contributed by atoms with Crippen LogP contribution in [-0.4, -0.2) is 24.1 Å². The zero-order chi connectivity index (χ0) is 11.5. The van der Waals surface area contributed by atoms with Gasteiger partial charge in [-0.05, 0) is 19.6 Å². The average molecular weight is 222 g/mol. The van der Waals surface area contributed by atoms with E-state index in [2.05, 4.69) is 10.1 Å². The second-order valence-electron chi connectivity index (χ2n) is 4.15. The molecule has 1 aromatic heterocycles. The van der Waals surface area contributed by atoms with Crippen LogP contribution in [0.1, 0.15) is 11.5 Å². The largest absolute Gasteiger partial charge is 0.456 e. The molecule has 0 aliphatic heterocycles. The summed E-state index contributed by atoms with van der Waals surface area (Å²) in [6, 6.07) is 1.97. The zero-order valence-electron chi connectivity index (χ0n) is 9.35. The second-order valence-corrected chi connectivity index (χ2v) is 8.55. The Bertz CT molecular complexity index is 411. The monoisotopic (exact) mass is 222 g/mol. The molecule has 15 heavy (non-hydrogen) atoms. The van der Waals surface area contributed by atoms with Crippen molar-refractivity contribution in [3.8, 4) is 6.07 Å². The Kier molecular flexibility index (Phi) is 3.27. The molecular weight excluding hydrogens is 208 g/mol. The van der Waals surface area contributed by atoms with Crippen LogP contribution in [0.15, 0.2) is 11.4 Å². The lowest BCUT2D eigenvalue weighted by molar-refractivity contribution is 0.337. The van der Waals surface area contributed by atoms with Crippen molar-refractivity contribution >= 4 is 14.5 Å². The van der Waals surface area contributed by atoms with Crippen LogP contribution in [0.3, 0.4) is 0 Å². The van der Waals surface area contributed by atoms with Gasteiger partial charge in [-0.1, -0.05) is 0 Å². The van der Waals surface area contributed by atoms with E-state index in [9.17, 15) is 0 Å². The normalized spacial score (nSPS) is 11.7. The van der Waals surface area contributed by atoms with Crippen molar-refractivity contribution < 1.29 is 4.53 Å². The first-order valence-electron chi connectivity index (χ1n) is 4.57. The highest BCUT2D eigenvalue weighted by Gasteiger charge is 2.15. The molecule has 0 bridgehead atoms. The highest BCUT2D eigenvalue weighted by atomic mass is 28.4. The maximum atomic E-state index is 8.64. The molecular formula is C9H14N4OSi. The molecule has 1 heterocycles. The minimum Gasteiger partial charge on any atom is -0.456 e. The Balaban J connectivity index is 2.73. The molecule has 0 N–H and O–H groups in total. The predicted molar refractivity (Wildman–Crippen MR) is 59.9 cm³/mol. The van der Waals surface area contributed by atoms with Crippen molar-refractivity contribution in [3.63, 3.8) is 0 Å². The third kappa shape index (κ3) is 3.56. The number of aryl methyl sites for hydroxylation is 1. The van der Waals surface area contributed by atoms with Crippen molar-refractivity contribution in [1.29, 1.82) is 5.26 Å². The van der Waals surface area contributed by atoms with Gasteiger partial charge in [0.2, 0.25) is 0 Å². The summed E-state index contributed by atoms with van der Waals surface area (Å²) in [5, 5.41) is 12.5. The van der Waals surface area contributed by atoms with Crippen LogP contribution in [0.25, 0.3) is 0 Å². The topological polar surface area (TPSA) is 63.2 Å². The first-order valence-corrected chi connectivity index (χ1v) is 7.98. The van der Waals surface area contributed by atoms with Crippen molar-refractivity contribution in [1.82, 2.24) is 9.55 Å². The highest BCUT2D eigenvalue weighted by Crippen LogP contribution is 2.03. The van der Waals surface area contributed by atoms with Crippen molar-refractivity contribution in [2.75, 3.05) is 0 Å². The standard InChI is InChI=1S/C9H14N4OSi/c1-13-7-8(5-10)12-9(13)6-11-14-15(2,3)4/h6-7H,1-4H3. The van der Waals surface area contributed by atoms with E-state index in [4.69, 9.17) is 9.79 Å². The summed E-state index contributed by atoms with van der Waals surface area (Å²) in [6.07, 6.45) is 3.18. The molecule has 0 spiro atoms. The first-order chi connectivity index (χ1) is 6.92. The number of imidazole rings is 1. The molecule has 1 aromatic rings. The average Bonchev–Trinajstić information content (AvgIpc) is 2.45. The van der Waals surface area contributed by atoms with Gasteiger partial charge in [-0.15, -0.1) is 5.16 Å². The molecule has 0 aliphatic carbocycles. The fourth-order valence-electron chi connectivity index (χ4n) is 0.886. The SMILES string of the molecule is Cn1cc(C#N)nc1C=NO[Si](C)(C)C. The molecule has 0 fully saturated rings. The summed E-state index contributed by atoms with van der Waals surface area (Å²) in [4.78, 5) is 4.04. The summed E-state index contributed by atoms with van der Waals surface area (Å²) in [5.74, 6) is 0.616. The Labute approximate surface area is 90.1 Å². The maximum absolute atomic E-state index is 8.64. The Hall–Kier alpha value is -1.61. The van der Waals surface area contributed by atoms with Crippen LogP contribution in [-0.2, 0) is 11.6 Å². The van der Waals surface area contributed by atoms with Gasteiger partial charge >= 0.3 is 0 Å². The molecule has 80 valence electrons. The molecule has 0 radical (unpaired) electrons. The van der Waals surface area contributed by atoms with Crippen LogP contribution in [0.5, 0.6) is 0 Å². The van der Waals surface area contributed by atoms with Crippen molar-refractivity contribution in [2.24, 2.45) is 12.2 Å². The van der Waals surface area contributed by atoms with Gasteiger partial charge in [0.15, 0.2) is 11.5 Å². The summed E-state index contributed by atoms with van der Waals surface area (Å²) in [6.45, 7) is 6.14. The van der Waals surface area contributed by atoms with E-state index in [1.165, 1.54) is 6.21 Å². The van der Waals surface area contributed by atoms with Gasteiger partial charge in [0, 0.05) is 13.2 Å². The van der Waals surface area contributed by atoms with Gasteiger partial charge in [0.25, 0.3) is 8.32 Å². The number of rotatable bonds is 3. The van der Waals surface area contributed by atoms with E-state index >= 15 is 0 Å². The molecule has 0 saturated carbocycles. The molecule has 0 unspecified atom stereocenters. The minimum absolute atomic E-state index is 0.381. The predicted octanol–water partition coefficient (Wildman–Crippen LogP) is 1.48. The maximum Gasteiger partial charge on any atom is 0.278 e. The van der Waals surface area contributed by atoms with Crippen LogP contribution in [0.2, 0.25) is 19.6 Å². The van der Waals surface area contributed by atoms with E-state index in [0.717, 1.165) is 0 Å². The number of nitriles is 1. The summed E-state index contributed by atoms with van der Waals surface area (Å²) >= 11 is 0. The third-order valence-corrected chi connectivity index (χ3v) is 2.17. The quantitative estimate of drug-likeness (QED) is 0.442.